The topological polar surface area (TPSA) is 110 Å². The van der Waals surface area contributed by atoms with E-state index in [2.05, 4.69) is 20.8 Å². The predicted octanol–water partition coefficient (Wildman–Crippen LogP) is 5.23. The Labute approximate surface area is 187 Å². The van der Waals surface area contributed by atoms with Gasteiger partial charge >= 0.3 is 0 Å². The maximum atomic E-state index is 12.3. The van der Waals surface area contributed by atoms with E-state index >= 15 is 0 Å². The third-order valence-corrected chi connectivity index (χ3v) is 5.19. The molecule has 9 heteroatoms. The number of nitro benzene ring substituents is 1. The fourth-order valence-electron chi connectivity index (χ4n) is 2.85. The Hall–Kier alpha value is -4.37. The van der Waals surface area contributed by atoms with Crippen LogP contribution in [0.15, 0.2) is 89.3 Å². The summed E-state index contributed by atoms with van der Waals surface area (Å²) in [5.41, 5.74) is 6.06. The molecule has 2 N–H and O–H groups in total. The first-order valence-corrected chi connectivity index (χ1v) is 10.4. The second-order valence-corrected chi connectivity index (χ2v) is 7.52. The average Bonchev–Trinajstić information content (AvgIpc) is 3.29. The first-order chi connectivity index (χ1) is 15.6. The predicted molar refractivity (Wildman–Crippen MR) is 125 cm³/mol. The van der Waals surface area contributed by atoms with E-state index in [4.69, 9.17) is 0 Å². The minimum absolute atomic E-state index is 0.0421. The molecule has 0 aliphatic rings. The quantitative estimate of drug-likeness (QED) is 0.231. The molecule has 0 bridgehead atoms. The van der Waals surface area contributed by atoms with Crippen molar-refractivity contribution in [3.63, 3.8) is 0 Å². The number of hydrazone groups is 1. The number of carbonyl (C=O) groups excluding carboxylic acids is 1. The van der Waals surface area contributed by atoms with Gasteiger partial charge in [-0.2, -0.15) is 5.10 Å². The molecule has 1 aromatic heterocycles. The molecule has 0 aliphatic heterocycles. The summed E-state index contributed by atoms with van der Waals surface area (Å²) in [5.74, 6) is -0.390. The fraction of sp³-hybridized carbons (Fsp3) is 0. The van der Waals surface area contributed by atoms with Gasteiger partial charge in [0.2, 0.25) is 0 Å². The van der Waals surface area contributed by atoms with E-state index in [-0.39, 0.29) is 11.6 Å². The third-order valence-electron chi connectivity index (χ3n) is 4.43. The number of thiazole rings is 1. The first-order valence-electron chi connectivity index (χ1n) is 9.54. The van der Waals surface area contributed by atoms with Gasteiger partial charge in [-0.1, -0.05) is 42.5 Å². The van der Waals surface area contributed by atoms with Crippen molar-refractivity contribution in [2.75, 3.05) is 5.32 Å². The highest BCUT2D eigenvalue weighted by molar-refractivity contribution is 7.14. The monoisotopic (exact) mass is 443 g/mol. The normalized spacial score (nSPS) is 10.8. The Morgan fingerprint density at radius 2 is 1.81 bits per heavy atom. The standard InChI is InChI=1S/C23H17N5O3S/c29-22(27-24-14-16-5-4-8-20(13-16)28(30)31)18-9-11-19(12-10-18)25-23-26-21(15-32-23)17-6-2-1-3-7-17/h1-15H,(H,25,26)(H,27,29)/b24-14+. The van der Waals surface area contributed by atoms with Crippen molar-refractivity contribution in [3.05, 3.63) is 105 Å². The fourth-order valence-corrected chi connectivity index (χ4v) is 3.59. The van der Waals surface area contributed by atoms with Crippen LogP contribution in [0, 0.1) is 10.1 Å². The van der Waals surface area contributed by atoms with Crippen molar-refractivity contribution >= 4 is 40.0 Å². The van der Waals surface area contributed by atoms with Crippen molar-refractivity contribution in [1.82, 2.24) is 10.4 Å². The number of hydrogen-bond donors (Lipinski definition) is 2. The first kappa shape index (κ1) is 20.9. The minimum atomic E-state index is -0.486. The highest BCUT2D eigenvalue weighted by Crippen LogP contribution is 2.27. The number of non-ortho nitro benzene ring substituents is 1. The number of rotatable bonds is 7. The van der Waals surface area contributed by atoms with Gasteiger partial charge in [0.15, 0.2) is 5.13 Å². The molecule has 3 aromatic carbocycles. The van der Waals surface area contributed by atoms with E-state index in [1.807, 2.05) is 35.7 Å². The van der Waals surface area contributed by atoms with E-state index in [1.54, 1.807) is 36.4 Å². The maximum absolute atomic E-state index is 12.3. The number of hydrogen-bond acceptors (Lipinski definition) is 7. The molecule has 0 aliphatic carbocycles. The number of nitrogens with zero attached hydrogens (tertiary/aromatic N) is 3. The van der Waals surface area contributed by atoms with Gasteiger partial charge in [-0.05, 0) is 24.3 Å². The zero-order valence-corrected chi connectivity index (χ0v) is 17.5. The van der Waals surface area contributed by atoms with Crippen LogP contribution in [-0.2, 0) is 0 Å². The van der Waals surface area contributed by atoms with E-state index in [9.17, 15) is 14.9 Å². The number of nitrogens with one attached hydrogen (secondary N) is 2. The summed E-state index contributed by atoms with van der Waals surface area (Å²) in [6, 6.07) is 22.8. The molecular formula is C23H17N5O3S. The lowest BCUT2D eigenvalue weighted by Crippen LogP contribution is -2.17. The van der Waals surface area contributed by atoms with Gasteiger partial charge in [-0.25, -0.2) is 10.4 Å². The molecule has 0 fully saturated rings. The van der Waals surface area contributed by atoms with Crippen molar-refractivity contribution in [2.45, 2.75) is 0 Å². The smallest absolute Gasteiger partial charge is 0.271 e. The summed E-state index contributed by atoms with van der Waals surface area (Å²) in [5, 5.41) is 20.6. The number of benzene rings is 3. The molecule has 8 nitrogen and oxygen atoms in total. The van der Waals surface area contributed by atoms with E-state index in [0.717, 1.165) is 22.1 Å². The SMILES string of the molecule is O=C(N/N=C/c1cccc([N+](=O)[O-])c1)c1ccc(Nc2nc(-c3ccccc3)cs2)cc1. The van der Waals surface area contributed by atoms with Gasteiger partial charge in [0.1, 0.15) is 0 Å². The van der Waals surface area contributed by atoms with Gasteiger partial charge in [-0.15, -0.1) is 11.3 Å². The van der Waals surface area contributed by atoms with Crippen LogP contribution >= 0.6 is 11.3 Å². The lowest BCUT2D eigenvalue weighted by Gasteiger charge is -2.04. The second kappa shape index (κ2) is 9.63. The summed E-state index contributed by atoms with van der Waals surface area (Å²) in [6.07, 6.45) is 1.35. The van der Waals surface area contributed by atoms with Crippen molar-refractivity contribution in [2.24, 2.45) is 5.10 Å². The molecule has 4 rings (SSSR count). The highest BCUT2D eigenvalue weighted by Gasteiger charge is 2.07. The molecule has 4 aromatic rings. The summed E-state index contributed by atoms with van der Waals surface area (Å²) in [6.45, 7) is 0. The molecule has 0 saturated heterocycles. The van der Waals surface area contributed by atoms with E-state index in [1.165, 1.54) is 29.7 Å². The molecule has 32 heavy (non-hydrogen) atoms. The number of amides is 1. The Morgan fingerprint density at radius 3 is 2.56 bits per heavy atom. The molecule has 1 amide bonds. The van der Waals surface area contributed by atoms with E-state index in [0.29, 0.717) is 11.1 Å². The number of carbonyl (C=O) groups is 1. The molecule has 0 saturated carbocycles. The van der Waals surface area contributed by atoms with Gasteiger partial charge in [-0.3, -0.25) is 14.9 Å². The van der Waals surface area contributed by atoms with Crippen LogP contribution in [0.25, 0.3) is 11.3 Å². The van der Waals surface area contributed by atoms with Crippen LogP contribution in [-0.4, -0.2) is 22.0 Å². The average molecular weight is 443 g/mol. The molecule has 0 unspecified atom stereocenters. The van der Waals surface area contributed by atoms with Gasteiger partial charge in [0.25, 0.3) is 11.6 Å². The highest BCUT2D eigenvalue weighted by atomic mass is 32.1. The molecule has 0 atom stereocenters. The number of aromatic nitrogens is 1. The van der Waals surface area contributed by atoms with Crippen LogP contribution in [0.2, 0.25) is 0 Å². The van der Waals surface area contributed by atoms with Gasteiger partial charge in [0, 0.05) is 39.9 Å². The maximum Gasteiger partial charge on any atom is 0.271 e. The zero-order chi connectivity index (χ0) is 22.3. The molecular weight excluding hydrogens is 426 g/mol. The zero-order valence-electron chi connectivity index (χ0n) is 16.6. The van der Waals surface area contributed by atoms with E-state index < -0.39 is 4.92 Å². The van der Waals surface area contributed by atoms with Crippen LogP contribution in [0.4, 0.5) is 16.5 Å². The summed E-state index contributed by atoms with van der Waals surface area (Å²) in [7, 11) is 0. The van der Waals surface area contributed by atoms with Crippen LogP contribution in [0.5, 0.6) is 0 Å². The second-order valence-electron chi connectivity index (χ2n) is 6.66. The molecule has 158 valence electrons. The Bertz CT molecular complexity index is 1270. The van der Waals surface area contributed by atoms with Crippen LogP contribution < -0.4 is 10.7 Å². The third kappa shape index (κ3) is 5.21. The lowest BCUT2D eigenvalue weighted by atomic mass is 10.2. The van der Waals surface area contributed by atoms with Crippen molar-refractivity contribution < 1.29 is 9.72 Å². The molecule has 0 spiro atoms. The number of nitro groups is 1. The Kier molecular flexibility index (Phi) is 6.28. The van der Waals surface area contributed by atoms with Crippen molar-refractivity contribution in [1.29, 1.82) is 0 Å². The number of anilines is 2. The summed E-state index contributed by atoms with van der Waals surface area (Å²) >= 11 is 1.50. The van der Waals surface area contributed by atoms with Gasteiger partial charge in [0.05, 0.1) is 16.8 Å². The Morgan fingerprint density at radius 1 is 1.03 bits per heavy atom. The summed E-state index contributed by atoms with van der Waals surface area (Å²) in [4.78, 5) is 27.2. The van der Waals surface area contributed by atoms with Crippen molar-refractivity contribution in [3.8, 4) is 11.3 Å². The largest absolute Gasteiger partial charge is 0.332 e. The molecule has 0 radical (unpaired) electrons. The van der Waals surface area contributed by atoms with Crippen LogP contribution in [0.1, 0.15) is 15.9 Å². The lowest BCUT2D eigenvalue weighted by molar-refractivity contribution is -0.384. The van der Waals surface area contributed by atoms with Crippen LogP contribution in [0.3, 0.4) is 0 Å². The Balaban J connectivity index is 1.35. The minimum Gasteiger partial charge on any atom is -0.332 e. The molecule has 1 heterocycles. The summed E-state index contributed by atoms with van der Waals surface area (Å²) < 4.78 is 0. The van der Waals surface area contributed by atoms with Gasteiger partial charge < -0.3 is 5.32 Å².